The van der Waals surface area contributed by atoms with Crippen LogP contribution in [0.1, 0.15) is 13.8 Å². The van der Waals surface area contributed by atoms with Crippen LogP contribution < -0.4 is 0 Å². The van der Waals surface area contributed by atoms with Crippen molar-refractivity contribution in [2.45, 2.75) is 13.8 Å². The minimum atomic E-state index is 0. The molecule has 0 amide bonds. The molecule has 1 heterocycles. The van der Waals surface area contributed by atoms with E-state index in [1.807, 2.05) is 13.8 Å². The summed E-state index contributed by atoms with van der Waals surface area (Å²) >= 11 is 0. The quantitative estimate of drug-likeness (QED) is 0.575. The summed E-state index contributed by atoms with van der Waals surface area (Å²) in [5.74, 6) is 0. The van der Waals surface area contributed by atoms with E-state index >= 15 is 0 Å². The van der Waals surface area contributed by atoms with E-state index in [0.29, 0.717) is 0 Å². The zero-order valence-electron chi connectivity index (χ0n) is 5.09. The second-order valence-corrected chi connectivity index (χ2v) is 0.629. The Kier molecular flexibility index (Phi) is 14.4. The Bertz CT molecular complexity index is 68.9. The minimum absolute atomic E-state index is 0. The molecule has 0 saturated carbocycles. The standard InChI is InChI=1S/C3H2NO.C2H6.Y/c1-2-4-5-3-1;1-2;/h1,3H;1-2H3;/q-1;;. The molecule has 0 bridgehead atoms. The maximum Gasteiger partial charge on any atom is 0 e. The van der Waals surface area contributed by atoms with Crippen LogP contribution in [0.25, 0.3) is 0 Å². The Hall–Kier alpha value is 0.314. The third-order valence-corrected chi connectivity index (χ3v) is 0.309. The maximum atomic E-state index is 4.28. The summed E-state index contributed by atoms with van der Waals surface area (Å²) in [5, 5.41) is 3.22. The maximum absolute atomic E-state index is 4.28. The van der Waals surface area contributed by atoms with E-state index in [1.165, 1.54) is 6.26 Å². The van der Waals surface area contributed by atoms with Crippen LogP contribution in [0.4, 0.5) is 0 Å². The Morgan fingerprint density at radius 1 is 1.50 bits per heavy atom. The van der Waals surface area contributed by atoms with E-state index in [1.54, 1.807) is 6.07 Å². The molecule has 2 nitrogen and oxygen atoms in total. The molecule has 1 rings (SSSR count). The number of hydrogen-bond acceptors (Lipinski definition) is 2. The molecular weight excluding hydrogens is 179 g/mol. The minimum Gasteiger partial charge on any atom is -0.474 e. The van der Waals surface area contributed by atoms with Gasteiger partial charge in [-0.1, -0.05) is 13.8 Å². The van der Waals surface area contributed by atoms with Crippen LogP contribution in [-0.2, 0) is 32.7 Å². The van der Waals surface area contributed by atoms with E-state index in [-0.39, 0.29) is 32.7 Å². The molecule has 0 atom stereocenters. The summed E-state index contributed by atoms with van der Waals surface area (Å²) in [6.45, 7) is 4.00. The fraction of sp³-hybridized carbons (Fsp3) is 0.400. The monoisotopic (exact) mass is 187 g/mol. The molecule has 0 aliphatic rings. The van der Waals surface area contributed by atoms with Crippen molar-refractivity contribution in [3.63, 3.8) is 0 Å². The molecule has 43 valence electrons. The smallest absolute Gasteiger partial charge is 0 e. The van der Waals surface area contributed by atoms with Crippen molar-refractivity contribution in [1.29, 1.82) is 0 Å². The van der Waals surface area contributed by atoms with Crippen molar-refractivity contribution in [1.82, 2.24) is 5.16 Å². The zero-order valence-corrected chi connectivity index (χ0v) is 7.93. The summed E-state index contributed by atoms with van der Waals surface area (Å²) in [6.07, 6.45) is 3.90. The third kappa shape index (κ3) is 6.31. The van der Waals surface area contributed by atoms with Crippen molar-refractivity contribution in [2.75, 3.05) is 0 Å². The van der Waals surface area contributed by atoms with E-state index in [4.69, 9.17) is 0 Å². The number of rotatable bonds is 0. The molecule has 1 aromatic rings. The molecule has 0 saturated heterocycles. The van der Waals surface area contributed by atoms with Crippen molar-refractivity contribution in [3.8, 4) is 0 Å². The number of hydrogen-bond donors (Lipinski definition) is 0. The third-order valence-electron chi connectivity index (χ3n) is 0.309. The van der Waals surface area contributed by atoms with Gasteiger partial charge in [-0.15, -0.1) is 6.20 Å². The zero-order chi connectivity index (χ0) is 5.54. The predicted octanol–water partition coefficient (Wildman–Crippen LogP) is 1.50. The van der Waals surface area contributed by atoms with Crippen molar-refractivity contribution in [2.24, 2.45) is 0 Å². The molecule has 0 unspecified atom stereocenters. The Balaban J connectivity index is 0. The van der Waals surface area contributed by atoms with Gasteiger partial charge in [0.25, 0.3) is 0 Å². The first-order chi connectivity index (χ1) is 3.50. The normalized spacial score (nSPS) is 5.75. The second kappa shape index (κ2) is 10.3. The van der Waals surface area contributed by atoms with Crippen LogP contribution in [0.5, 0.6) is 0 Å². The van der Waals surface area contributed by atoms with Crippen LogP contribution in [0.2, 0.25) is 0 Å². The fourth-order valence-electron chi connectivity index (χ4n) is 0.152. The number of aromatic nitrogens is 1. The molecule has 1 aromatic heterocycles. The van der Waals surface area contributed by atoms with Gasteiger partial charge in [-0.25, -0.2) is 5.16 Å². The topological polar surface area (TPSA) is 26.0 Å². The first-order valence-electron chi connectivity index (χ1n) is 2.26. The Labute approximate surface area is 74.5 Å². The van der Waals surface area contributed by atoms with Gasteiger partial charge in [-0.3, -0.25) is 0 Å². The summed E-state index contributed by atoms with van der Waals surface area (Å²) in [7, 11) is 0. The van der Waals surface area contributed by atoms with Gasteiger partial charge in [0.1, 0.15) is 0 Å². The summed E-state index contributed by atoms with van der Waals surface area (Å²) in [6, 6.07) is 1.60. The average molecular weight is 187 g/mol. The molecule has 0 aromatic carbocycles. The van der Waals surface area contributed by atoms with E-state index < -0.39 is 0 Å². The van der Waals surface area contributed by atoms with Crippen LogP contribution in [0, 0.1) is 6.20 Å². The van der Waals surface area contributed by atoms with Crippen molar-refractivity contribution in [3.05, 3.63) is 18.5 Å². The van der Waals surface area contributed by atoms with Gasteiger partial charge < -0.3 is 4.52 Å². The van der Waals surface area contributed by atoms with Gasteiger partial charge in [0.15, 0.2) is 0 Å². The summed E-state index contributed by atoms with van der Waals surface area (Å²) in [5.41, 5.74) is 0. The average Bonchev–Trinajstić information content (AvgIpc) is 2.23. The van der Waals surface area contributed by atoms with Gasteiger partial charge in [0.05, 0.1) is 0 Å². The summed E-state index contributed by atoms with van der Waals surface area (Å²) < 4.78 is 4.28. The van der Waals surface area contributed by atoms with Crippen LogP contribution in [0.15, 0.2) is 16.9 Å². The predicted molar refractivity (Wildman–Crippen MR) is 26.7 cm³/mol. The summed E-state index contributed by atoms with van der Waals surface area (Å²) in [4.78, 5) is 0. The molecular formula is C5H8NOY-. The van der Waals surface area contributed by atoms with E-state index in [9.17, 15) is 0 Å². The van der Waals surface area contributed by atoms with Gasteiger partial charge >= 0.3 is 0 Å². The van der Waals surface area contributed by atoms with Crippen molar-refractivity contribution >= 4 is 0 Å². The first-order valence-corrected chi connectivity index (χ1v) is 2.26. The van der Waals surface area contributed by atoms with Crippen LogP contribution in [-0.4, -0.2) is 5.16 Å². The molecule has 1 radical (unpaired) electrons. The molecule has 0 N–H and O–H groups in total. The van der Waals surface area contributed by atoms with Crippen LogP contribution >= 0.6 is 0 Å². The van der Waals surface area contributed by atoms with Gasteiger partial charge in [-0.05, 0) is 6.26 Å². The molecule has 0 fully saturated rings. The van der Waals surface area contributed by atoms with Gasteiger partial charge in [0.2, 0.25) is 0 Å². The second-order valence-electron chi connectivity index (χ2n) is 0.629. The molecule has 8 heavy (non-hydrogen) atoms. The first kappa shape index (κ1) is 11.2. The van der Waals surface area contributed by atoms with Crippen molar-refractivity contribution < 1.29 is 37.2 Å². The molecule has 0 spiro atoms. The number of nitrogens with zero attached hydrogens (tertiary/aromatic N) is 1. The van der Waals surface area contributed by atoms with E-state index in [2.05, 4.69) is 15.9 Å². The fourth-order valence-corrected chi connectivity index (χ4v) is 0.152. The largest absolute Gasteiger partial charge is 0.474 e. The molecule has 0 aliphatic carbocycles. The van der Waals surface area contributed by atoms with Gasteiger partial charge in [-0.2, -0.15) is 6.07 Å². The Morgan fingerprint density at radius 3 is 2.25 bits per heavy atom. The molecule has 0 aliphatic heterocycles. The van der Waals surface area contributed by atoms with Gasteiger partial charge in [0, 0.05) is 32.7 Å². The van der Waals surface area contributed by atoms with E-state index in [0.717, 1.165) is 0 Å². The molecule has 3 heteroatoms. The SMILES string of the molecule is CC.[Y].[c-]1ccon1. The van der Waals surface area contributed by atoms with Crippen LogP contribution in [0.3, 0.4) is 0 Å². The Morgan fingerprint density at radius 2 is 2.12 bits per heavy atom.